The SMILES string of the molecule is O=C(NC(=S)Nc1ccc(F)c(Cl)c1)c1cccc(OCc2ccccc2)c1. The van der Waals surface area contributed by atoms with Crippen molar-refractivity contribution in [2.75, 3.05) is 5.32 Å². The van der Waals surface area contributed by atoms with Gasteiger partial charge in [0.05, 0.1) is 5.02 Å². The first-order valence-corrected chi connectivity index (χ1v) is 9.14. The molecular formula is C21H16ClFN2O2S. The summed E-state index contributed by atoms with van der Waals surface area (Å²) in [6.07, 6.45) is 0. The van der Waals surface area contributed by atoms with Crippen molar-refractivity contribution < 1.29 is 13.9 Å². The van der Waals surface area contributed by atoms with Crippen LogP contribution in [0.4, 0.5) is 10.1 Å². The third-order valence-electron chi connectivity index (χ3n) is 3.75. The van der Waals surface area contributed by atoms with E-state index in [0.717, 1.165) is 5.56 Å². The predicted molar refractivity (Wildman–Crippen MR) is 112 cm³/mol. The number of halogens is 2. The number of carbonyl (C=O) groups excluding carboxylic acids is 1. The molecule has 28 heavy (non-hydrogen) atoms. The van der Waals surface area contributed by atoms with E-state index in [1.807, 2.05) is 30.3 Å². The molecule has 0 fully saturated rings. The Bertz CT molecular complexity index is 999. The van der Waals surface area contributed by atoms with Crippen molar-refractivity contribution in [3.05, 3.63) is 94.8 Å². The normalized spacial score (nSPS) is 10.2. The third kappa shape index (κ3) is 5.52. The minimum absolute atomic E-state index is 0.0395. The van der Waals surface area contributed by atoms with Crippen molar-refractivity contribution in [2.24, 2.45) is 0 Å². The molecule has 1 amide bonds. The zero-order valence-electron chi connectivity index (χ0n) is 14.6. The van der Waals surface area contributed by atoms with E-state index in [1.165, 1.54) is 18.2 Å². The van der Waals surface area contributed by atoms with Crippen LogP contribution < -0.4 is 15.4 Å². The van der Waals surface area contributed by atoms with Gasteiger partial charge in [-0.15, -0.1) is 0 Å². The first-order valence-electron chi connectivity index (χ1n) is 8.35. The molecule has 0 atom stereocenters. The summed E-state index contributed by atoms with van der Waals surface area (Å²) in [6, 6.07) is 20.6. The largest absolute Gasteiger partial charge is 0.489 e. The smallest absolute Gasteiger partial charge is 0.257 e. The summed E-state index contributed by atoms with van der Waals surface area (Å²) in [5, 5.41) is 5.39. The molecule has 0 unspecified atom stereocenters. The van der Waals surface area contributed by atoms with Gasteiger partial charge in [-0.3, -0.25) is 10.1 Å². The molecule has 0 radical (unpaired) electrons. The van der Waals surface area contributed by atoms with Crippen LogP contribution in [0.5, 0.6) is 5.75 Å². The monoisotopic (exact) mass is 414 g/mol. The van der Waals surface area contributed by atoms with Crippen LogP contribution in [-0.2, 0) is 6.61 Å². The van der Waals surface area contributed by atoms with Crippen molar-refractivity contribution in [3.8, 4) is 5.75 Å². The highest BCUT2D eigenvalue weighted by Crippen LogP contribution is 2.19. The summed E-state index contributed by atoms with van der Waals surface area (Å²) in [5.74, 6) is -0.356. The fourth-order valence-corrected chi connectivity index (χ4v) is 2.77. The fraction of sp³-hybridized carbons (Fsp3) is 0.0476. The maximum atomic E-state index is 13.2. The number of thiocarbonyl (C=S) groups is 1. The third-order valence-corrected chi connectivity index (χ3v) is 4.24. The number of nitrogens with one attached hydrogen (secondary N) is 2. The number of benzene rings is 3. The molecule has 0 aliphatic rings. The Morgan fingerprint density at radius 3 is 2.57 bits per heavy atom. The number of rotatable bonds is 5. The number of anilines is 1. The van der Waals surface area contributed by atoms with Gasteiger partial charge in [0.15, 0.2) is 5.11 Å². The highest BCUT2D eigenvalue weighted by molar-refractivity contribution is 7.80. The van der Waals surface area contributed by atoms with Crippen molar-refractivity contribution in [2.45, 2.75) is 6.61 Å². The summed E-state index contributed by atoms with van der Waals surface area (Å²) >= 11 is 10.9. The molecule has 3 aromatic carbocycles. The van der Waals surface area contributed by atoms with E-state index >= 15 is 0 Å². The van der Waals surface area contributed by atoms with Gasteiger partial charge in [0.2, 0.25) is 0 Å². The second-order valence-corrected chi connectivity index (χ2v) is 6.65. The van der Waals surface area contributed by atoms with E-state index in [9.17, 15) is 9.18 Å². The molecule has 0 saturated carbocycles. The van der Waals surface area contributed by atoms with E-state index in [-0.39, 0.29) is 10.1 Å². The molecule has 142 valence electrons. The lowest BCUT2D eigenvalue weighted by Crippen LogP contribution is -2.34. The lowest BCUT2D eigenvalue weighted by Gasteiger charge is -2.11. The quantitative estimate of drug-likeness (QED) is 0.564. The first-order chi connectivity index (χ1) is 13.5. The lowest BCUT2D eigenvalue weighted by molar-refractivity contribution is 0.0977. The number of ether oxygens (including phenoxy) is 1. The molecule has 3 aromatic rings. The van der Waals surface area contributed by atoms with Gasteiger partial charge in [-0.2, -0.15) is 0 Å². The summed E-state index contributed by atoms with van der Waals surface area (Å²) in [5.41, 5.74) is 1.89. The highest BCUT2D eigenvalue weighted by Gasteiger charge is 2.10. The van der Waals surface area contributed by atoms with Crippen LogP contribution in [-0.4, -0.2) is 11.0 Å². The molecule has 0 aliphatic carbocycles. The summed E-state index contributed by atoms with van der Waals surface area (Å²) in [6.45, 7) is 0.400. The second-order valence-electron chi connectivity index (χ2n) is 5.84. The minimum Gasteiger partial charge on any atom is -0.489 e. The molecule has 0 aliphatic heterocycles. The Balaban J connectivity index is 1.59. The van der Waals surface area contributed by atoms with E-state index < -0.39 is 11.7 Å². The average Bonchev–Trinajstić information content (AvgIpc) is 2.70. The van der Waals surface area contributed by atoms with Crippen LogP contribution in [0.2, 0.25) is 5.02 Å². The van der Waals surface area contributed by atoms with Crippen molar-refractivity contribution in [3.63, 3.8) is 0 Å². The summed E-state index contributed by atoms with van der Waals surface area (Å²) < 4.78 is 18.9. The van der Waals surface area contributed by atoms with Crippen molar-refractivity contribution >= 4 is 40.5 Å². The average molecular weight is 415 g/mol. The van der Waals surface area contributed by atoms with Crippen LogP contribution in [0.1, 0.15) is 15.9 Å². The number of hydrogen-bond donors (Lipinski definition) is 2. The van der Waals surface area contributed by atoms with Crippen molar-refractivity contribution in [1.82, 2.24) is 5.32 Å². The van der Waals surface area contributed by atoms with Gasteiger partial charge in [0.1, 0.15) is 18.2 Å². The van der Waals surface area contributed by atoms with Gasteiger partial charge in [-0.1, -0.05) is 48.0 Å². The van der Waals surface area contributed by atoms with Gasteiger partial charge in [0, 0.05) is 11.3 Å². The molecule has 0 bridgehead atoms. The highest BCUT2D eigenvalue weighted by atomic mass is 35.5. The van der Waals surface area contributed by atoms with Crippen LogP contribution in [0, 0.1) is 5.82 Å². The minimum atomic E-state index is -0.533. The van der Waals surface area contributed by atoms with Gasteiger partial charge in [-0.25, -0.2) is 4.39 Å². The lowest BCUT2D eigenvalue weighted by atomic mass is 10.2. The van der Waals surface area contributed by atoms with Crippen LogP contribution in [0.3, 0.4) is 0 Å². The molecule has 4 nitrogen and oxygen atoms in total. The zero-order chi connectivity index (χ0) is 19.9. The van der Waals surface area contributed by atoms with Gasteiger partial charge in [-0.05, 0) is 54.2 Å². The number of carbonyl (C=O) groups is 1. The Morgan fingerprint density at radius 2 is 1.82 bits per heavy atom. The molecule has 0 aromatic heterocycles. The summed E-state index contributed by atoms with van der Waals surface area (Å²) in [4.78, 5) is 12.4. The Labute approximate surface area is 172 Å². The van der Waals surface area contributed by atoms with E-state index in [1.54, 1.807) is 24.3 Å². The Hall–Kier alpha value is -2.96. The van der Waals surface area contributed by atoms with Crippen LogP contribution in [0.25, 0.3) is 0 Å². The first kappa shape index (κ1) is 19.8. The van der Waals surface area contributed by atoms with E-state index in [4.69, 9.17) is 28.6 Å². The molecular weight excluding hydrogens is 399 g/mol. The molecule has 7 heteroatoms. The molecule has 0 heterocycles. The van der Waals surface area contributed by atoms with E-state index in [0.29, 0.717) is 23.6 Å². The molecule has 3 rings (SSSR count). The van der Waals surface area contributed by atoms with E-state index in [2.05, 4.69) is 10.6 Å². The fourth-order valence-electron chi connectivity index (χ4n) is 2.38. The van der Waals surface area contributed by atoms with Gasteiger partial charge in [0.25, 0.3) is 5.91 Å². The van der Waals surface area contributed by atoms with Crippen LogP contribution in [0.15, 0.2) is 72.8 Å². The number of hydrogen-bond acceptors (Lipinski definition) is 3. The zero-order valence-corrected chi connectivity index (χ0v) is 16.2. The molecule has 0 saturated heterocycles. The topological polar surface area (TPSA) is 50.4 Å². The van der Waals surface area contributed by atoms with Gasteiger partial charge < -0.3 is 10.1 Å². The Morgan fingerprint density at radius 1 is 1.04 bits per heavy atom. The number of amides is 1. The van der Waals surface area contributed by atoms with Crippen molar-refractivity contribution in [1.29, 1.82) is 0 Å². The molecule has 0 spiro atoms. The van der Waals surface area contributed by atoms with Gasteiger partial charge >= 0.3 is 0 Å². The maximum absolute atomic E-state index is 13.2. The second kappa shape index (κ2) is 9.30. The predicted octanol–water partition coefficient (Wildman–Crippen LogP) is 5.18. The molecule has 2 N–H and O–H groups in total. The maximum Gasteiger partial charge on any atom is 0.257 e. The van der Waals surface area contributed by atoms with Crippen LogP contribution >= 0.6 is 23.8 Å². The standard InChI is InChI=1S/C21H16ClFN2O2S/c22-18-12-16(9-10-19(18)23)24-21(28)25-20(26)15-7-4-8-17(11-15)27-13-14-5-2-1-3-6-14/h1-12H,13H2,(H2,24,25,26,28). The summed E-state index contributed by atoms with van der Waals surface area (Å²) in [7, 11) is 0. The Kier molecular flexibility index (Phi) is 6.57.